The Labute approximate surface area is 72.7 Å². The molecule has 0 bridgehead atoms. The molecule has 12 heavy (non-hydrogen) atoms. The Morgan fingerprint density at radius 2 is 2.33 bits per heavy atom. The number of terminal acetylenes is 1. The first-order valence-electron chi connectivity index (χ1n) is 4.00. The average molecular weight is 167 g/mol. The first-order chi connectivity index (χ1) is 5.63. The molecule has 3 heteroatoms. The van der Waals surface area contributed by atoms with Gasteiger partial charge in [-0.2, -0.15) is 0 Å². The fourth-order valence-electron chi connectivity index (χ4n) is 1.30. The Morgan fingerprint density at radius 1 is 1.67 bits per heavy atom. The van der Waals surface area contributed by atoms with Gasteiger partial charge in [0.25, 0.3) is 0 Å². The van der Waals surface area contributed by atoms with Crippen LogP contribution in [-0.2, 0) is 9.53 Å². The van der Waals surface area contributed by atoms with Crippen LogP contribution in [0.2, 0.25) is 0 Å². The smallest absolute Gasteiger partial charge is 0.219 e. The van der Waals surface area contributed by atoms with E-state index in [0.29, 0.717) is 13.1 Å². The van der Waals surface area contributed by atoms with Crippen molar-refractivity contribution in [2.24, 2.45) is 0 Å². The lowest BCUT2D eigenvalue weighted by atomic mass is 10.2. The van der Waals surface area contributed by atoms with Crippen LogP contribution in [0, 0.1) is 12.3 Å². The number of amides is 1. The quantitative estimate of drug-likeness (QED) is 0.484. The number of morpholine rings is 1. The molecule has 0 saturated carbocycles. The second-order valence-electron chi connectivity index (χ2n) is 3.03. The zero-order valence-corrected chi connectivity index (χ0v) is 7.41. The number of rotatable bonds is 0. The Morgan fingerprint density at radius 3 is 2.83 bits per heavy atom. The number of nitrogens with zero attached hydrogens (tertiary/aromatic N) is 1. The molecule has 0 N–H and O–H groups in total. The van der Waals surface area contributed by atoms with Crippen LogP contribution in [-0.4, -0.2) is 36.1 Å². The van der Waals surface area contributed by atoms with Gasteiger partial charge in [0.05, 0.1) is 12.6 Å². The molecule has 0 aromatic heterocycles. The monoisotopic (exact) mass is 167 g/mol. The van der Waals surface area contributed by atoms with E-state index < -0.39 is 0 Å². The molecule has 2 atom stereocenters. The maximum absolute atomic E-state index is 11.0. The summed E-state index contributed by atoms with van der Waals surface area (Å²) in [6.45, 7) is 4.63. The van der Waals surface area contributed by atoms with Gasteiger partial charge in [0, 0.05) is 13.5 Å². The maximum Gasteiger partial charge on any atom is 0.219 e. The van der Waals surface area contributed by atoms with Crippen LogP contribution in [0.15, 0.2) is 0 Å². The number of ether oxygens (including phenoxy) is 1. The first kappa shape index (κ1) is 9.08. The standard InChI is InChI=1S/C9H13NO2/c1-4-9-6-10(8(3)11)5-7(2)12-9/h1,7,9H,5-6H2,2-3H3/t7-,9+/m0/s1. The molecule has 0 unspecified atom stereocenters. The molecular formula is C9H13NO2. The number of carbonyl (C=O) groups excluding carboxylic acids is 1. The lowest BCUT2D eigenvalue weighted by Gasteiger charge is -2.33. The Bertz CT molecular complexity index is 219. The summed E-state index contributed by atoms with van der Waals surface area (Å²) in [4.78, 5) is 12.7. The Balaban J connectivity index is 2.58. The zero-order valence-electron chi connectivity index (χ0n) is 7.41. The largest absolute Gasteiger partial charge is 0.359 e. The second kappa shape index (κ2) is 3.59. The van der Waals surface area contributed by atoms with Crippen LogP contribution < -0.4 is 0 Å². The summed E-state index contributed by atoms with van der Waals surface area (Å²) in [6.07, 6.45) is 5.02. The summed E-state index contributed by atoms with van der Waals surface area (Å²) >= 11 is 0. The Hall–Kier alpha value is -1.01. The van der Waals surface area contributed by atoms with Gasteiger partial charge in [-0.3, -0.25) is 4.79 Å². The maximum atomic E-state index is 11.0. The van der Waals surface area contributed by atoms with Crippen molar-refractivity contribution in [3.63, 3.8) is 0 Å². The van der Waals surface area contributed by atoms with Crippen molar-refractivity contribution in [3.05, 3.63) is 0 Å². The summed E-state index contributed by atoms with van der Waals surface area (Å²) in [5.41, 5.74) is 0. The van der Waals surface area contributed by atoms with Gasteiger partial charge >= 0.3 is 0 Å². The van der Waals surface area contributed by atoms with Crippen molar-refractivity contribution in [3.8, 4) is 12.3 Å². The predicted molar refractivity (Wildman–Crippen MR) is 45.4 cm³/mol. The fourth-order valence-corrected chi connectivity index (χ4v) is 1.30. The first-order valence-corrected chi connectivity index (χ1v) is 4.00. The lowest BCUT2D eigenvalue weighted by molar-refractivity contribution is -0.138. The lowest BCUT2D eigenvalue weighted by Crippen LogP contribution is -2.47. The van der Waals surface area contributed by atoms with Crippen molar-refractivity contribution < 1.29 is 9.53 Å². The number of hydrogen-bond donors (Lipinski definition) is 0. The zero-order chi connectivity index (χ0) is 9.14. The molecule has 0 aromatic rings. The molecule has 0 radical (unpaired) electrons. The molecule has 0 spiro atoms. The van der Waals surface area contributed by atoms with Gasteiger partial charge in [-0.25, -0.2) is 0 Å². The highest BCUT2D eigenvalue weighted by atomic mass is 16.5. The van der Waals surface area contributed by atoms with Crippen molar-refractivity contribution >= 4 is 5.91 Å². The van der Waals surface area contributed by atoms with E-state index in [9.17, 15) is 4.79 Å². The minimum Gasteiger partial charge on any atom is -0.359 e. The third kappa shape index (κ3) is 1.99. The van der Waals surface area contributed by atoms with Gasteiger partial charge in [0.1, 0.15) is 6.10 Å². The van der Waals surface area contributed by atoms with Crippen LogP contribution in [0.1, 0.15) is 13.8 Å². The van der Waals surface area contributed by atoms with E-state index in [1.807, 2.05) is 6.92 Å². The molecular weight excluding hydrogens is 154 g/mol. The van der Waals surface area contributed by atoms with E-state index in [4.69, 9.17) is 11.2 Å². The average Bonchev–Trinajstić information content (AvgIpc) is 2.03. The third-order valence-electron chi connectivity index (χ3n) is 1.89. The SMILES string of the molecule is C#C[C@@H]1CN(C(C)=O)C[C@H](C)O1. The molecule has 66 valence electrons. The Kier molecular flexibility index (Phi) is 2.72. The van der Waals surface area contributed by atoms with Crippen molar-refractivity contribution in [1.29, 1.82) is 0 Å². The molecule has 1 fully saturated rings. The summed E-state index contributed by atoms with van der Waals surface area (Å²) in [5.74, 6) is 2.56. The van der Waals surface area contributed by atoms with Crippen LogP contribution in [0.5, 0.6) is 0 Å². The van der Waals surface area contributed by atoms with E-state index in [2.05, 4.69) is 5.92 Å². The van der Waals surface area contributed by atoms with E-state index in [0.717, 1.165) is 0 Å². The minimum absolute atomic E-state index is 0.0451. The topological polar surface area (TPSA) is 29.5 Å². The summed E-state index contributed by atoms with van der Waals surface area (Å²) in [7, 11) is 0. The van der Waals surface area contributed by atoms with Crippen LogP contribution >= 0.6 is 0 Å². The van der Waals surface area contributed by atoms with Crippen LogP contribution in [0.25, 0.3) is 0 Å². The number of hydrogen-bond acceptors (Lipinski definition) is 2. The highest BCUT2D eigenvalue weighted by Crippen LogP contribution is 2.10. The van der Waals surface area contributed by atoms with E-state index in [-0.39, 0.29) is 18.1 Å². The van der Waals surface area contributed by atoms with Crippen molar-refractivity contribution in [2.75, 3.05) is 13.1 Å². The molecule has 1 saturated heterocycles. The summed E-state index contributed by atoms with van der Waals surface area (Å²) < 4.78 is 5.39. The van der Waals surface area contributed by atoms with Crippen molar-refractivity contribution in [2.45, 2.75) is 26.1 Å². The van der Waals surface area contributed by atoms with Gasteiger partial charge in [-0.1, -0.05) is 5.92 Å². The fraction of sp³-hybridized carbons (Fsp3) is 0.667. The summed E-state index contributed by atoms with van der Waals surface area (Å²) in [5, 5.41) is 0. The van der Waals surface area contributed by atoms with E-state index >= 15 is 0 Å². The molecule has 1 amide bonds. The molecule has 1 aliphatic rings. The van der Waals surface area contributed by atoms with Gasteiger partial charge in [0.2, 0.25) is 5.91 Å². The number of carbonyl (C=O) groups is 1. The van der Waals surface area contributed by atoms with Crippen molar-refractivity contribution in [1.82, 2.24) is 4.90 Å². The molecule has 3 nitrogen and oxygen atoms in total. The van der Waals surface area contributed by atoms with E-state index in [1.54, 1.807) is 11.8 Å². The normalized spacial score (nSPS) is 29.6. The molecule has 1 rings (SSSR count). The molecule has 1 aliphatic heterocycles. The highest BCUT2D eigenvalue weighted by Gasteiger charge is 2.24. The summed E-state index contributed by atoms with van der Waals surface area (Å²) in [6, 6.07) is 0. The van der Waals surface area contributed by atoms with Gasteiger partial charge < -0.3 is 9.64 Å². The molecule has 0 aliphatic carbocycles. The minimum atomic E-state index is -0.238. The van der Waals surface area contributed by atoms with Gasteiger partial charge in [0.15, 0.2) is 0 Å². The molecule has 0 aromatic carbocycles. The second-order valence-corrected chi connectivity index (χ2v) is 3.03. The van der Waals surface area contributed by atoms with Crippen LogP contribution in [0.3, 0.4) is 0 Å². The van der Waals surface area contributed by atoms with E-state index in [1.165, 1.54) is 0 Å². The molecule has 1 heterocycles. The highest BCUT2D eigenvalue weighted by molar-refractivity contribution is 5.73. The predicted octanol–water partition coefficient (Wildman–Crippen LogP) is 0.255. The van der Waals surface area contributed by atoms with Gasteiger partial charge in [-0.15, -0.1) is 6.42 Å². The van der Waals surface area contributed by atoms with Gasteiger partial charge in [-0.05, 0) is 6.92 Å². The third-order valence-corrected chi connectivity index (χ3v) is 1.89. The van der Waals surface area contributed by atoms with Crippen LogP contribution in [0.4, 0.5) is 0 Å².